The third kappa shape index (κ3) is 1.87. The van der Waals surface area contributed by atoms with E-state index in [0.717, 1.165) is 29.5 Å². The molecule has 1 fully saturated rings. The molecule has 0 spiro atoms. The molecule has 2 rings (SSSR count). The summed E-state index contributed by atoms with van der Waals surface area (Å²) in [6, 6.07) is 1.99. The lowest BCUT2D eigenvalue weighted by molar-refractivity contribution is 0.149. The van der Waals surface area contributed by atoms with Crippen molar-refractivity contribution in [3.63, 3.8) is 0 Å². The molecular weight excluding hydrogens is 204 g/mol. The summed E-state index contributed by atoms with van der Waals surface area (Å²) in [5.41, 5.74) is 2.14. The van der Waals surface area contributed by atoms with Crippen molar-refractivity contribution in [3.05, 3.63) is 22.8 Å². The predicted octanol–water partition coefficient (Wildman–Crippen LogP) is 2.09. The summed E-state index contributed by atoms with van der Waals surface area (Å²) in [6.45, 7) is 3.86. The van der Waals surface area contributed by atoms with E-state index in [1.807, 2.05) is 19.9 Å². The van der Waals surface area contributed by atoms with E-state index in [-0.39, 0.29) is 5.75 Å². The Balaban J connectivity index is 2.43. The summed E-state index contributed by atoms with van der Waals surface area (Å²) in [4.78, 5) is 0. The average Bonchev–Trinajstić information content (AvgIpc) is 2.92. The number of methoxy groups -OCH3 is 1. The van der Waals surface area contributed by atoms with Crippen molar-refractivity contribution in [2.24, 2.45) is 0 Å². The van der Waals surface area contributed by atoms with E-state index < -0.39 is 5.60 Å². The lowest BCUT2D eigenvalue weighted by atomic mass is 9.97. The standard InChI is InChI=1S/C13H18O3/c1-8-6-9(2)12(16-3)11(14)10(8)7-13(15)4-5-13/h6,14-15H,4-5,7H2,1-3H3. The first kappa shape index (κ1) is 11.3. The number of benzene rings is 1. The molecule has 1 saturated carbocycles. The van der Waals surface area contributed by atoms with Gasteiger partial charge in [-0.05, 0) is 37.8 Å². The van der Waals surface area contributed by atoms with Gasteiger partial charge in [-0.15, -0.1) is 0 Å². The zero-order valence-corrected chi connectivity index (χ0v) is 10.0. The molecule has 0 aliphatic heterocycles. The van der Waals surface area contributed by atoms with Crippen molar-refractivity contribution in [2.45, 2.75) is 38.7 Å². The zero-order chi connectivity index (χ0) is 11.9. The number of phenols is 1. The van der Waals surface area contributed by atoms with Gasteiger partial charge in [0.15, 0.2) is 11.5 Å². The van der Waals surface area contributed by atoms with E-state index in [1.54, 1.807) is 7.11 Å². The maximum absolute atomic E-state index is 10.1. The van der Waals surface area contributed by atoms with E-state index in [4.69, 9.17) is 4.74 Å². The van der Waals surface area contributed by atoms with Gasteiger partial charge in [0.05, 0.1) is 12.7 Å². The van der Waals surface area contributed by atoms with Crippen LogP contribution in [0.4, 0.5) is 0 Å². The Morgan fingerprint density at radius 2 is 1.94 bits per heavy atom. The summed E-state index contributed by atoms with van der Waals surface area (Å²) in [7, 11) is 1.55. The molecule has 0 saturated heterocycles. The maximum atomic E-state index is 10.1. The molecule has 3 heteroatoms. The first-order valence-corrected chi connectivity index (χ1v) is 5.55. The fraction of sp³-hybridized carbons (Fsp3) is 0.538. The Hall–Kier alpha value is -1.22. The van der Waals surface area contributed by atoms with Crippen LogP contribution in [0, 0.1) is 13.8 Å². The van der Waals surface area contributed by atoms with Gasteiger partial charge in [0, 0.05) is 12.0 Å². The molecule has 16 heavy (non-hydrogen) atoms. The highest BCUT2D eigenvalue weighted by Crippen LogP contribution is 2.43. The number of aromatic hydroxyl groups is 1. The second kappa shape index (κ2) is 3.67. The van der Waals surface area contributed by atoms with E-state index in [1.165, 1.54) is 0 Å². The van der Waals surface area contributed by atoms with Gasteiger partial charge < -0.3 is 14.9 Å². The summed E-state index contributed by atoms with van der Waals surface area (Å²) < 4.78 is 5.17. The van der Waals surface area contributed by atoms with Crippen LogP contribution in [-0.2, 0) is 6.42 Å². The van der Waals surface area contributed by atoms with Crippen LogP contribution in [-0.4, -0.2) is 22.9 Å². The molecule has 1 aliphatic rings. The van der Waals surface area contributed by atoms with Gasteiger partial charge in [-0.3, -0.25) is 0 Å². The van der Waals surface area contributed by atoms with E-state index in [2.05, 4.69) is 0 Å². The van der Waals surface area contributed by atoms with Gasteiger partial charge in [-0.1, -0.05) is 6.07 Å². The number of rotatable bonds is 3. The molecular formula is C13H18O3. The summed E-state index contributed by atoms with van der Waals surface area (Å²) >= 11 is 0. The third-order valence-corrected chi connectivity index (χ3v) is 3.31. The predicted molar refractivity (Wildman–Crippen MR) is 62.0 cm³/mol. The molecule has 1 aliphatic carbocycles. The minimum atomic E-state index is -0.595. The number of aliphatic hydroxyl groups is 1. The molecule has 1 aromatic rings. The second-order valence-corrected chi connectivity index (χ2v) is 4.77. The summed E-state index contributed by atoms with van der Waals surface area (Å²) in [6.07, 6.45) is 2.16. The first-order valence-electron chi connectivity index (χ1n) is 5.55. The summed E-state index contributed by atoms with van der Waals surface area (Å²) in [5, 5.41) is 20.0. The van der Waals surface area contributed by atoms with Crippen molar-refractivity contribution in [3.8, 4) is 11.5 Å². The lowest BCUT2D eigenvalue weighted by Crippen LogP contribution is -2.12. The van der Waals surface area contributed by atoms with Crippen LogP contribution in [0.15, 0.2) is 6.07 Å². The maximum Gasteiger partial charge on any atom is 0.163 e. The number of hydrogen-bond acceptors (Lipinski definition) is 3. The fourth-order valence-corrected chi connectivity index (χ4v) is 2.12. The van der Waals surface area contributed by atoms with Crippen molar-refractivity contribution in [1.29, 1.82) is 0 Å². The normalized spacial score (nSPS) is 17.2. The van der Waals surface area contributed by atoms with E-state index in [9.17, 15) is 10.2 Å². The molecule has 2 N–H and O–H groups in total. The van der Waals surface area contributed by atoms with Gasteiger partial charge in [-0.2, -0.15) is 0 Å². The highest BCUT2D eigenvalue weighted by molar-refractivity contribution is 5.54. The molecule has 0 radical (unpaired) electrons. The van der Waals surface area contributed by atoms with Crippen molar-refractivity contribution >= 4 is 0 Å². The fourth-order valence-electron chi connectivity index (χ4n) is 2.12. The largest absolute Gasteiger partial charge is 0.504 e. The minimum Gasteiger partial charge on any atom is -0.504 e. The molecule has 0 atom stereocenters. The number of phenolic OH excluding ortho intramolecular Hbond substituents is 1. The molecule has 0 heterocycles. The van der Waals surface area contributed by atoms with Crippen molar-refractivity contribution < 1.29 is 14.9 Å². The van der Waals surface area contributed by atoms with Gasteiger partial charge in [0.1, 0.15) is 0 Å². The second-order valence-electron chi connectivity index (χ2n) is 4.77. The number of aryl methyl sites for hydroxylation is 2. The van der Waals surface area contributed by atoms with Crippen LogP contribution in [0.3, 0.4) is 0 Å². The Labute approximate surface area is 95.7 Å². The first-order chi connectivity index (χ1) is 7.47. The minimum absolute atomic E-state index is 0.181. The Kier molecular flexibility index (Phi) is 2.58. The Morgan fingerprint density at radius 1 is 1.31 bits per heavy atom. The molecule has 3 nitrogen and oxygen atoms in total. The lowest BCUT2D eigenvalue weighted by Gasteiger charge is -2.16. The van der Waals surface area contributed by atoms with Crippen molar-refractivity contribution in [2.75, 3.05) is 7.11 Å². The zero-order valence-electron chi connectivity index (χ0n) is 10.0. The highest BCUT2D eigenvalue weighted by atomic mass is 16.5. The monoisotopic (exact) mass is 222 g/mol. The SMILES string of the molecule is COc1c(C)cc(C)c(CC2(O)CC2)c1O. The van der Waals surface area contributed by atoms with Gasteiger partial charge in [0.25, 0.3) is 0 Å². The highest BCUT2D eigenvalue weighted by Gasteiger charge is 2.41. The van der Waals surface area contributed by atoms with Crippen LogP contribution < -0.4 is 4.74 Å². The Morgan fingerprint density at radius 3 is 2.44 bits per heavy atom. The van der Waals surface area contributed by atoms with Crippen LogP contribution in [0.2, 0.25) is 0 Å². The molecule has 0 unspecified atom stereocenters. The Bertz CT molecular complexity index is 420. The quantitative estimate of drug-likeness (QED) is 0.823. The van der Waals surface area contributed by atoms with Crippen LogP contribution in [0.5, 0.6) is 11.5 Å². The average molecular weight is 222 g/mol. The van der Waals surface area contributed by atoms with E-state index >= 15 is 0 Å². The van der Waals surface area contributed by atoms with Gasteiger partial charge in [0.2, 0.25) is 0 Å². The number of ether oxygens (including phenoxy) is 1. The van der Waals surface area contributed by atoms with Crippen LogP contribution in [0.1, 0.15) is 29.5 Å². The number of hydrogen-bond donors (Lipinski definition) is 2. The third-order valence-electron chi connectivity index (χ3n) is 3.31. The molecule has 0 amide bonds. The summed E-state index contributed by atoms with van der Waals surface area (Å²) in [5.74, 6) is 0.699. The van der Waals surface area contributed by atoms with Crippen LogP contribution >= 0.6 is 0 Å². The molecule has 1 aromatic carbocycles. The van der Waals surface area contributed by atoms with Crippen LogP contribution in [0.25, 0.3) is 0 Å². The smallest absolute Gasteiger partial charge is 0.163 e. The van der Waals surface area contributed by atoms with Gasteiger partial charge in [-0.25, -0.2) is 0 Å². The van der Waals surface area contributed by atoms with Gasteiger partial charge >= 0.3 is 0 Å². The van der Waals surface area contributed by atoms with Crippen molar-refractivity contribution in [1.82, 2.24) is 0 Å². The molecule has 0 aromatic heterocycles. The molecule has 88 valence electrons. The molecule has 0 bridgehead atoms. The topological polar surface area (TPSA) is 49.7 Å². The van der Waals surface area contributed by atoms with E-state index in [0.29, 0.717) is 12.2 Å².